The summed E-state index contributed by atoms with van der Waals surface area (Å²) in [6.07, 6.45) is 5.53. The Morgan fingerprint density at radius 1 is 1.24 bits per heavy atom. The molecule has 0 unspecified atom stereocenters. The Labute approximate surface area is 217 Å². The number of esters is 1. The van der Waals surface area contributed by atoms with Crippen molar-refractivity contribution in [2.45, 2.75) is 83.4 Å². The van der Waals surface area contributed by atoms with E-state index in [1.54, 1.807) is 6.08 Å². The lowest BCUT2D eigenvalue weighted by molar-refractivity contribution is -0.147. The number of alkyl halides is 3. The Balaban J connectivity index is 1.52. The van der Waals surface area contributed by atoms with Gasteiger partial charge in [0.2, 0.25) is 0 Å². The highest BCUT2D eigenvalue weighted by molar-refractivity contribution is 6.42. The first-order chi connectivity index (χ1) is 17.5. The zero-order valence-corrected chi connectivity index (χ0v) is 21.5. The van der Waals surface area contributed by atoms with Crippen molar-refractivity contribution in [2.75, 3.05) is 6.61 Å². The molecule has 2 fully saturated rings. The second kappa shape index (κ2) is 13.5. The van der Waals surface area contributed by atoms with Gasteiger partial charge < -0.3 is 23.9 Å². The zero-order valence-electron chi connectivity index (χ0n) is 21.5. The molecule has 3 rings (SSSR count). The standard InChI is InChI=1S/C27H36BF3O6/c1-18(2)35-26(33)12-7-5-4-6-11-22-23(25-16-24(22)36-28(3)37-25)14-13-20(32)17-34-21-10-8-9-19(15-21)27(29,30)31/h4,6,8-10,13-15,18,20,22-25,32H,5,7,11-12,16-17H2,1-3H3/b6-4-,14-13+/t20-,22-,23-,24+,25-/m1/s1. The summed E-state index contributed by atoms with van der Waals surface area (Å²) in [6, 6.07) is 4.58. The van der Waals surface area contributed by atoms with E-state index < -0.39 is 17.8 Å². The van der Waals surface area contributed by atoms with Crippen LogP contribution < -0.4 is 4.74 Å². The highest BCUT2D eigenvalue weighted by Gasteiger charge is 2.48. The lowest BCUT2D eigenvalue weighted by Gasteiger charge is -2.25. The Morgan fingerprint density at radius 2 is 2.00 bits per heavy atom. The topological polar surface area (TPSA) is 74.2 Å². The fourth-order valence-corrected chi connectivity index (χ4v) is 4.80. The average Bonchev–Trinajstić information content (AvgIpc) is 3.06. The first-order valence-corrected chi connectivity index (χ1v) is 12.8. The van der Waals surface area contributed by atoms with Crippen LogP contribution in [0.5, 0.6) is 5.75 Å². The van der Waals surface area contributed by atoms with Gasteiger partial charge in [-0.1, -0.05) is 30.4 Å². The van der Waals surface area contributed by atoms with E-state index in [2.05, 4.69) is 12.2 Å². The monoisotopic (exact) mass is 524 g/mol. The molecule has 1 aromatic rings. The van der Waals surface area contributed by atoms with Crippen molar-refractivity contribution in [3.8, 4) is 5.75 Å². The number of benzene rings is 1. The van der Waals surface area contributed by atoms with Crippen LogP contribution in [0.15, 0.2) is 48.6 Å². The number of carbonyl (C=O) groups is 1. The molecule has 0 aromatic heterocycles. The van der Waals surface area contributed by atoms with Crippen molar-refractivity contribution in [2.24, 2.45) is 11.8 Å². The maximum atomic E-state index is 12.9. The number of halogens is 3. The number of aliphatic hydroxyl groups excluding tert-OH is 1. The molecule has 1 aliphatic heterocycles. The number of aliphatic hydroxyl groups is 1. The number of unbranched alkanes of at least 4 members (excludes halogenated alkanes) is 1. The maximum Gasteiger partial charge on any atom is 0.453 e. The van der Waals surface area contributed by atoms with Crippen LogP contribution in [0.1, 0.15) is 51.5 Å². The summed E-state index contributed by atoms with van der Waals surface area (Å²) in [7, 11) is -0.310. The van der Waals surface area contributed by atoms with Gasteiger partial charge in [0.25, 0.3) is 0 Å². The second-order valence-corrected chi connectivity index (χ2v) is 9.82. The van der Waals surface area contributed by atoms with Crippen molar-refractivity contribution in [3.05, 3.63) is 54.1 Å². The van der Waals surface area contributed by atoms with E-state index in [1.165, 1.54) is 12.1 Å². The van der Waals surface area contributed by atoms with Gasteiger partial charge in [-0.05, 0) is 70.5 Å². The van der Waals surface area contributed by atoms with Crippen LogP contribution in [0.2, 0.25) is 6.82 Å². The van der Waals surface area contributed by atoms with Crippen molar-refractivity contribution in [3.63, 3.8) is 0 Å². The van der Waals surface area contributed by atoms with Gasteiger partial charge in [0, 0.05) is 18.4 Å². The summed E-state index contributed by atoms with van der Waals surface area (Å²) in [4.78, 5) is 11.6. The molecule has 2 aliphatic rings. The molecule has 0 radical (unpaired) electrons. The minimum atomic E-state index is -4.46. The lowest BCUT2D eigenvalue weighted by Crippen LogP contribution is -2.35. The van der Waals surface area contributed by atoms with Crippen LogP contribution in [0.4, 0.5) is 13.2 Å². The fraction of sp³-hybridized carbons (Fsp3) is 0.593. The van der Waals surface area contributed by atoms with Crippen LogP contribution in [-0.2, 0) is 25.0 Å². The van der Waals surface area contributed by atoms with Crippen molar-refractivity contribution in [1.29, 1.82) is 0 Å². The number of carbonyl (C=O) groups excluding carboxylic acids is 1. The molecular formula is C27H36BF3O6. The number of ether oxygens (including phenoxy) is 2. The summed E-state index contributed by atoms with van der Waals surface area (Å²) < 4.78 is 61.2. The van der Waals surface area contributed by atoms with Gasteiger partial charge in [-0.25, -0.2) is 0 Å². The van der Waals surface area contributed by atoms with Gasteiger partial charge in [-0.2, -0.15) is 13.2 Å². The smallest absolute Gasteiger partial charge is 0.453 e. The normalized spacial score (nSPS) is 24.8. The maximum absolute atomic E-state index is 12.9. The molecule has 10 heteroatoms. The minimum absolute atomic E-state index is 0.0174. The number of rotatable bonds is 12. The van der Waals surface area contributed by atoms with E-state index in [9.17, 15) is 23.1 Å². The molecule has 37 heavy (non-hydrogen) atoms. The van der Waals surface area contributed by atoms with E-state index in [0.29, 0.717) is 6.42 Å². The summed E-state index contributed by atoms with van der Waals surface area (Å²) in [5.74, 6) is 0.0344. The molecule has 1 saturated carbocycles. The molecule has 1 heterocycles. The Hall–Kier alpha value is -2.30. The number of fused-ring (bicyclic) bond motifs is 2. The highest BCUT2D eigenvalue weighted by atomic mass is 19.4. The Bertz CT molecular complexity index is 935. The van der Waals surface area contributed by atoms with E-state index in [4.69, 9.17) is 18.8 Å². The van der Waals surface area contributed by atoms with E-state index >= 15 is 0 Å². The molecule has 0 amide bonds. The SMILES string of the molecule is CB1O[C@H]2C[C@@H](O1)[C@H](/C=C/[C@@H](O)COc1cccc(C(F)(F)F)c1)[C@H]2C/C=C\CCCC(=O)OC(C)C. The third-order valence-corrected chi connectivity index (χ3v) is 6.43. The first-order valence-electron chi connectivity index (χ1n) is 12.8. The van der Waals surface area contributed by atoms with Gasteiger partial charge in [-0.3, -0.25) is 4.79 Å². The van der Waals surface area contributed by atoms with Crippen LogP contribution in [0.25, 0.3) is 0 Å². The summed E-state index contributed by atoms with van der Waals surface area (Å²) in [5.41, 5.74) is -0.800. The van der Waals surface area contributed by atoms with Gasteiger partial charge in [0.1, 0.15) is 18.5 Å². The van der Waals surface area contributed by atoms with E-state index in [0.717, 1.165) is 37.8 Å². The number of allylic oxidation sites excluding steroid dienone is 2. The molecule has 1 aliphatic carbocycles. The van der Waals surface area contributed by atoms with Gasteiger partial charge >= 0.3 is 19.3 Å². The molecule has 0 spiro atoms. The largest absolute Gasteiger partial charge is 0.491 e. The highest BCUT2D eigenvalue weighted by Crippen LogP contribution is 2.43. The molecule has 1 aromatic carbocycles. The second-order valence-electron chi connectivity index (χ2n) is 9.82. The van der Waals surface area contributed by atoms with Crippen LogP contribution in [0, 0.1) is 11.8 Å². The molecule has 204 valence electrons. The number of hydrogen-bond donors (Lipinski definition) is 1. The quantitative estimate of drug-likeness (QED) is 0.166. The third kappa shape index (κ3) is 9.19. The van der Waals surface area contributed by atoms with Gasteiger partial charge in [-0.15, -0.1) is 0 Å². The molecule has 1 saturated heterocycles. The van der Waals surface area contributed by atoms with Crippen LogP contribution in [0.3, 0.4) is 0 Å². The van der Waals surface area contributed by atoms with Crippen molar-refractivity contribution in [1.82, 2.24) is 0 Å². The molecule has 1 N–H and O–H groups in total. The predicted octanol–water partition coefficient (Wildman–Crippen LogP) is 5.61. The Kier molecular flexibility index (Phi) is 10.7. The van der Waals surface area contributed by atoms with Crippen LogP contribution in [-0.4, -0.2) is 49.2 Å². The lowest BCUT2D eigenvalue weighted by atomic mass is 9.89. The molecule has 6 nitrogen and oxygen atoms in total. The Morgan fingerprint density at radius 3 is 2.73 bits per heavy atom. The zero-order chi connectivity index (χ0) is 27.0. The first kappa shape index (κ1) is 29.3. The minimum Gasteiger partial charge on any atom is -0.491 e. The van der Waals surface area contributed by atoms with E-state index in [-0.39, 0.29) is 55.6 Å². The summed E-state index contributed by atoms with van der Waals surface area (Å²) >= 11 is 0. The van der Waals surface area contributed by atoms with Crippen LogP contribution >= 0.6 is 0 Å². The average molecular weight is 524 g/mol. The van der Waals surface area contributed by atoms with Crippen molar-refractivity contribution < 1.29 is 41.9 Å². The van der Waals surface area contributed by atoms with Gasteiger partial charge in [0.05, 0.1) is 17.8 Å². The van der Waals surface area contributed by atoms with E-state index in [1.807, 2.05) is 26.7 Å². The predicted molar refractivity (Wildman–Crippen MR) is 134 cm³/mol. The fourth-order valence-electron chi connectivity index (χ4n) is 4.80. The molecular weight excluding hydrogens is 488 g/mol. The van der Waals surface area contributed by atoms with Crippen molar-refractivity contribution >= 4 is 13.1 Å². The molecule has 5 atom stereocenters. The molecule has 2 bridgehead atoms. The summed E-state index contributed by atoms with van der Waals surface area (Å²) in [6.45, 7) is 5.35. The third-order valence-electron chi connectivity index (χ3n) is 6.43. The van der Waals surface area contributed by atoms with Gasteiger partial charge in [0.15, 0.2) is 0 Å². The summed E-state index contributed by atoms with van der Waals surface area (Å²) in [5, 5.41) is 10.4. The number of hydrogen-bond acceptors (Lipinski definition) is 6.